The molecule has 0 bridgehead atoms. The first-order valence-corrected chi connectivity index (χ1v) is 9.31. The van der Waals surface area contributed by atoms with Crippen molar-refractivity contribution in [2.45, 2.75) is 17.4 Å². The van der Waals surface area contributed by atoms with E-state index in [0.29, 0.717) is 6.42 Å². The topological polar surface area (TPSA) is 119 Å². The van der Waals surface area contributed by atoms with Crippen LogP contribution in [-0.2, 0) is 10.0 Å². The summed E-state index contributed by atoms with van der Waals surface area (Å²) in [7, 11) is -2.55. The first-order valence-electron chi connectivity index (χ1n) is 7.87. The number of aromatic nitrogens is 2. The van der Waals surface area contributed by atoms with E-state index in [9.17, 15) is 17.6 Å². The molecule has 0 saturated carbocycles. The lowest BCUT2D eigenvalue weighted by atomic mass is 10.2. The first kappa shape index (κ1) is 19.0. The average molecular weight is 397 g/mol. The number of methoxy groups -OCH3 is 1. The summed E-state index contributed by atoms with van der Waals surface area (Å²) in [6, 6.07) is 2.68. The monoisotopic (exact) mass is 397 g/mol. The van der Waals surface area contributed by atoms with Crippen LogP contribution in [0.25, 0.3) is 0 Å². The summed E-state index contributed by atoms with van der Waals surface area (Å²) in [6.45, 7) is 0.213. The Morgan fingerprint density at radius 1 is 1.33 bits per heavy atom. The van der Waals surface area contributed by atoms with E-state index in [1.54, 1.807) is 0 Å². The third-order valence-corrected chi connectivity index (χ3v) is 5.86. The number of ether oxygens (including phenoxy) is 2. The number of carboxylic acids is 1. The molecule has 0 unspecified atom stereocenters. The highest BCUT2D eigenvalue weighted by Gasteiger charge is 2.34. The molecule has 1 aliphatic rings. The largest absolute Gasteiger partial charge is 0.480 e. The highest BCUT2D eigenvalue weighted by Crippen LogP contribution is 2.25. The number of hydrogen-bond acceptors (Lipinski definition) is 7. The van der Waals surface area contributed by atoms with Gasteiger partial charge in [-0.2, -0.15) is 9.29 Å². The predicted molar refractivity (Wildman–Crippen MR) is 89.7 cm³/mol. The quantitative estimate of drug-likeness (QED) is 0.771. The summed E-state index contributed by atoms with van der Waals surface area (Å²) in [4.78, 5) is 18.7. The fourth-order valence-corrected chi connectivity index (χ4v) is 4.16. The van der Waals surface area contributed by atoms with Crippen molar-refractivity contribution in [1.29, 1.82) is 0 Å². The molecule has 1 aromatic heterocycles. The molecule has 2 aromatic rings. The zero-order valence-electron chi connectivity index (χ0n) is 14.2. The molecule has 0 amide bonds. The molecule has 0 spiro atoms. The molecule has 1 saturated heterocycles. The Balaban J connectivity index is 1.75. The minimum absolute atomic E-state index is 0.0427. The van der Waals surface area contributed by atoms with Gasteiger partial charge in [0.2, 0.25) is 21.8 Å². The molecule has 1 atom stereocenters. The molecule has 1 N–H and O–H groups in total. The Morgan fingerprint density at radius 3 is 2.78 bits per heavy atom. The molecule has 0 radical (unpaired) electrons. The minimum Gasteiger partial charge on any atom is -0.480 e. The second-order valence-electron chi connectivity index (χ2n) is 5.74. The number of nitrogens with zero attached hydrogens (tertiary/aromatic N) is 3. The second kappa shape index (κ2) is 7.45. The summed E-state index contributed by atoms with van der Waals surface area (Å²) in [5, 5.41) is 8.98. The third-order valence-electron chi connectivity index (χ3n) is 4.00. The van der Waals surface area contributed by atoms with Gasteiger partial charge in [-0.25, -0.2) is 17.6 Å². The van der Waals surface area contributed by atoms with E-state index in [-0.39, 0.29) is 29.7 Å². The van der Waals surface area contributed by atoms with Crippen LogP contribution in [0.2, 0.25) is 0 Å². The second-order valence-corrected chi connectivity index (χ2v) is 7.68. The van der Waals surface area contributed by atoms with Crippen LogP contribution < -0.4 is 9.47 Å². The van der Waals surface area contributed by atoms with Crippen LogP contribution >= 0.6 is 0 Å². The maximum Gasteiger partial charge on any atom is 0.338 e. The van der Waals surface area contributed by atoms with Crippen LogP contribution in [0.4, 0.5) is 4.39 Å². The van der Waals surface area contributed by atoms with Gasteiger partial charge >= 0.3 is 5.97 Å². The lowest BCUT2D eigenvalue weighted by Gasteiger charge is -2.17. The predicted octanol–water partition coefficient (Wildman–Crippen LogP) is 1.16. The van der Waals surface area contributed by atoms with Gasteiger partial charge in [-0.1, -0.05) is 0 Å². The molecule has 3 rings (SSSR count). The molecular formula is C16H16FN3O6S. The number of rotatable bonds is 6. The molecule has 27 heavy (non-hydrogen) atoms. The summed E-state index contributed by atoms with van der Waals surface area (Å²) < 4.78 is 50.7. The number of carboxylic acid groups (broad SMARTS) is 1. The number of sulfonamides is 1. The number of halogens is 1. The van der Waals surface area contributed by atoms with Crippen molar-refractivity contribution < 1.29 is 32.2 Å². The summed E-state index contributed by atoms with van der Waals surface area (Å²) >= 11 is 0. The van der Waals surface area contributed by atoms with Crippen molar-refractivity contribution in [3.63, 3.8) is 0 Å². The minimum atomic E-state index is -3.99. The van der Waals surface area contributed by atoms with E-state index in [0.717, 1.165) is 22.5 Å². The van der Waals surface area contributed by atoms with Crippen molar-refractivity contribution in [2.24, 2.45) is 0 Å². The Bertz CT molecular complexity index is 968. The summed E-state index contributed by atoms with van der Waals surface area (Å²) in [5.41, 5.74) is -0.699. The van der Waals surface area contributed by atoms with Crippen molar-refractivity contribution >= 4 is 16.0 Å². The van der Waals surface area contributed by atoms with Gasteiger partial charge < -0.3 is 14.6 Å². The lowest BCUT2D eigenvalue weighted by molar-refractivity contribution is 0.0691. The normalized spacial score (nSPS) is 17.6. The molecule has 1 aliphatic heterocycles. The first-order chi connectivity index (χ1) is 12.8. The maximum absolute atomic E-state index is 13.5. The number of hydrogen-bond donors (Lipinski definition) is 1. The SMILES string of the molecule is COc1cncc(O[C@H]2CCN(S(=O)(=O)c3ccc(F)c(C(=O)O)c3)C2)n1. The van der Waals surface area contributed by atoms with Gasteiger partial charge in [-0.3, -0.25) is 4.98 Å². The average Bonchev–Trinajstić information content (AvgIpc) is 3.11. The Labute approximate surface area is 154 Å². The van der Waals surface area contributed by atoms with Crippen LogP contribution in [0.5, 0.6) is 11.8 Å². The highest BCUT2D eigenvalue weighted by atomic mass is 32.2. The van der Waals surface area contributed by atoms with Gasteiger partial charge in [-0.15, -0.1) is 0 Å². The van der Waals surface area contributed by atoms with Gasteiger partial charge in [0, 0.05) is 6.54 Å². The summed E-state index contributed by atoms with van der Waals surface area (Å²) in [6.07, 6.45) is 2.75. The molecule has 144 valence electrons. The lowest BCUT2D eigenvalue weighted by Crippen LogP contribution is -2.31. The molecule has 9 nitrogen and oxygen atoms in total. The van der Waals surface area contributed by atoms with Gasteiger partial charge in [0.25, 0.3) is 0 Å². The van der Waals surface area contributed by atoms with Gasteiger partial charge in [0.1, 0.15) is 11.9 Å². The van der Waals surface area contributed by atoms with Crippen molar-refractivity contribution in [1.82, 2.24) is 14.3 Å². The fraction of sp³-hybridized carbons (Fsp3) is 0.312. The molecule has 11 heteroatoms. The fourth-order valence-electron chi connectivity index (χ4n) is 2.65. The molecule has 1 fully saturated rings. The van der Waals surface area contributed by atoms with Crippen LogP contribution in [0, 0.1) is 5.82 Å². The number of benzene rings is 1. The van der Waals surface area contributed by atoms with Crippen molar-refractivity contribution in [2.75, 3.05) is 20.2 Å². The van der Waals surface area contributed by atoms with E-state index in [2.05, 4.69) is 9.97 Å². The highest BCUT2D eigenvalue weighted by molar-refractivity contribution is 7.89. The smallest absolute Gasteiger partial charge is 0.338 e. The molecule has 2 heterocycles. The number of aromatic carboxylic acids is 1. The van der Waals surface area contributed by atoms with Crippen LogP contribution in [-0.4, -0.2) is 60.1 Å². The van der Waals surface area contributed by atoms with E-state index in [1.807, 2.05) is 0 Å². The van der Waals surface area contributed by atoms with E-state index < -0.39 is 33.5 Å². The van der Waals surface area contributed by atoms with Crippen LogP contribution in [0.3, 0.4) is 0 Å². The van der Waals surface area contributed by atoms with Crippen molar-refractivity contribution in [3.8, 4) is 11.8 Å². The zero-order valence-corrected chi connectivity index (χ0v) is 15.0. The molecule has 1 aromatic carbocycles. The van der Waals surface area contributed by atoms with Crippen LogP contribution in [0.15, 0.2) is 35.5 Å². The van der Waals surface area contributed by atoms with E-state index >= 15 is 0 Å². The van der Waals surface area contributed by atoms with E-state index in [1.165, 1.54) is 19.5 Å². The van der Waals surface area contributed by atoms with Crippen molar-refractivity contribution in [3.05, 3.63) is 42.0 Å². The Morgan fingerprint density at radius 2 is 2.07 bits per heavy atom. The Hall–Kier alpha value is -2.79. The van der Waals surface area contributed by atoms with E-state index in [4.69, 9.17) is 14.6 Å². The van der Waals surface area contributed by atoms with Gasteiger partial charge in [-0.05, 0) is 24.6 Å². The van der Waals surface area contributed by atoms with Gasteiger partial charge in [0.05, 0.1) is 36.5 Å². The summed E-state index contributed by atoms with van der Waals surface area (Å²) in [5.74, 6) is -2.07. The third kappa shape index (κ3) is 3.98. The van der Waals surface area contributed by atoms with Gasteiger partial charge in [0.15, 0.2) is 0 Å². The molecule has 0 aliphatic carbocycles. The van der Waals surface area contributed by atoms with Crippen LogP contribution in [0.1, 0.15) is 16.8 Å². The zero-order chi connectivity index (χ0) is 19.6. The number of carbonyl (C=O) groups is 1. The molecular weight excluding hydrogens is 381 g/mol. The maximum atomic E-state index is 13.5. The Kier molecular flexibility index (Phi) is 5.24. The standard InChI is InChI=1S/C16H16FN3O6S/c1-25-14-7-18-8-15(19-14)26-10-4-5-20(9-10)27(23,24)11-2-3-13(17)12(6-11)16(21)22/h2-3,6-8,10H,4-5,9H2,1H3,(H,21,22)/t10-/m0/s1.